The van der Waals surface area contributed by atoms with Gasteiger partial charge in [-0.3, -0.25) is 9.59 Å². The maximum absolute atomic E-state index is 14.1. The number of halogens is 1. The first kappa shape index (κ1) is 22.0. The zero-order valence-corrected chi connectivity index (χ0v) is 17.9. The minimum absolute atomic E-state index is 0.0699. The van der Waals surface area contributed by atoms with Crippen LogP contribution in [0.5, 0.6) is 0 Å². The molecule has 0 unspecified atom stereocenters. The van der Waals surface area contributed by atoms with Crippen LogP contribution < -0.4 is 5.32 Å². The molecule has 1 fully saturated rings. The number of aryl methyl sites for hydroxylation is 1. The highest BCUT2D eigenvalue weighted by Gasteiger charge is 2.28. The first-order chi connectivity index (χ1) is 14.4. The maximum Gasteiger partial charge on any atom is 0.242 e. The largest absolute Gasteiger partial charge is 0.352 e. The highest BCUT2D eigenvalue weighted by Crippen LogP contribution is 2.19. The highest BCUT2D eigenvalue weighted by molar-refractivity contribution is 5.88. The second-order valence-corrected chi connectivity index (χ2v) is 8.30. The molecule has 1 N–H and O–H groups in total. The summed E-state index contributed by atoms with van der Waals surface area (Å²) in [6.07, 6.45) is 5.36. The molecule has 3 rings (SSSR count). The smallest absolute Gasteiger partial charge is 0.242 e. The predicted molar refractivity (Wildman–Crippen MR) is 116 cm³/mol. The average molecular weight is 411 g/mol. The van der Waals surface area contributed by atoms with Crippen LogP contribution in [0.4, 0.5) is 4.39 Å². The van der Waals surface area contributed by atoms with Crippen molar-refractivity contribution in [3.05, 3.63) is 71.0 Å². The quantitative estimate of drug-likeness (QED) is 0.728. The van der Waals surface area contributed by atoms with Crippen molar-refractivity contribution in [2.24, 2.45) is 0 Å². The SMILES string of the molecule is Cc1cccc(CN(C(=O)Cc2ccccc2F)[C@@H](C)C(=O)NC2CCCCC2)c1. The Morgan fingerprint density at radius 3 is 2.53 bits per heavy atom. The van der Waals surface area contributed by atoms with Gasteiger partial charge in [0.25, 0.3) is 0 Å². The van der Waals surface area contributed by atoms with E-state index in [-0.39, 0.29) is 24.3 Å². The number of nitrogens with one attached hydrogen (secondary N) is 1. The van der Waals surface area contributed by atoms with Gasteiger partial charge in [0.15, 0.2) is 0 Å². The second-order valence-electron chi connectivity index (χ2n) is 8.30. The van der Waals surface area contributed by atoms with Crippen molar-refractivity contribution in [3.63, 3.8) is 0 Å². The summed E-state index contributed by atoms with van der Waals surface area (Å²) in [6, 6.07) is 13.7. The molecule has 2 aromatic carbocycles. The molecular formula is C25H31FN2O2. The second kappa shape index (κ2) is 10.4. The van der Waals surface area contributed by atoms with E-state index in [4.69, 9.17) is 0 Å². The third-order valence-electron chi connectivity index (χ3n) is 5.85. The number of carbonyl (C=O) groups excluding carboxylic acids is 2. The van der Waals surface area contributed by atoms with Crippen LogP contribution in [0, 0.1) is 12.7 Å². The molecule has 1 aliphatic rings. The fourth-order valence-corrected chi connectivity index (χ4v) is 4.06. The van der Waals surface area contributed by atoms with Gasteiger partial charge in [0.05, 0.1) is 6.42 Å². The third-order valence-corrected chi connectivity index (χ3v) is 5.85. The average Bonchev–Trinajstić information content (AvgIpc) is 2.74. The van der Waals surface area contributed by atoms with Crippen molar-refractivity contribution in [2.45, 2.75) is 71.0 Å². The molecule has 0 heterocycles. The van der Waals surface area contributed by atoms with Crippen LogP contribution >= 0.6 is 0 Å². The number of amides is 2. The van der Waals surface area contributed by atoms with Gasteiger partial charge in [0, 0.05) is 12.6 Å². The predicted octanol–water partition coefficient (Wildman–Crippen LogP) is 4.54. The van der Waals surface area contributed by atoms with Crippen molar-refractivity contribution in [1.82, 2.24) is 10.2 Å². The van der Waals surface area contributed by atoms with E-state index in [1.807, 2.05) is 31.2 Å². The minimum Gasteiger partial charge on any atom is -0.352 e. The van der Waals surface area contributed by atoms with Crippen molar-refractivity contribution in [2.75, 3.05) is 0 Å². The van der Waals surface area contributed by atoms with E-state index >= 15 is 0 Å². The van der Waals surface area contributed by atoms with E-state index in [1.54, 1.807) is 30.0 Å². The summed E-state index contributed by atoms with van der Waals surface area (Å²) in [5.74, 6) is -0.801. The van der Waals surface area contributed by atoms with Crippen LogP contribution in [0.2, 0.25) is 0 Å². The normalized spacial score (nSPS) is 15.4. The lowest BCUT2D eigenvalue weighted by atomic mass is 9.95. The summed E-state index contributed by atoms with van der Waals surface area (Å²) >= 11 is 0. The van der Waals surface area contributed by atoms with Crippen LogP contribution in [-0.2, 0) is 22.6 Å². The molecule has 0 radical (unpaired) electrons. The molecule has 0 spiro atoms. The monoisotopic (exact) mass is 410 g/mol. The Labute approximate surface area is 178 Å². The lowest BCUT2D eigenvalue weighted by Crippen LogP contribution is -2.50. The number of hydrogen-bond donors (Lipinski definition) is 1. The molecule has 0 aromatic heterocycles. The fraction of sp³-hybridized carbons (Fsp3) is 0.440. The molecule has 4 nitrogen and oxygen atoms in total. The van der Waals surface area contributed by atoms with Crippen LogP contribution in [0.25, 0.3) is 0 Å². The summed E-state index contributed by atoms with van der Waals surface area (Å²) in [5.41, 5.74) is 2.39. The molecule has 5 heteroatoms. The van der Waals surface area contributed by atoms with Crippen LogP contribution in [0.3, 0.4) is 0 Å². The lowest BCUT2D eigenvalue weighted by molar-refractivity contribution is -0.140. The summed E-state index contributed by atoms with van der Waals surface area (Å²) in [6.45, 7) is 4.07. The topological polar surface area (TPSA) is 49.4 Å². The van der Waals surface area contributed by atoms with Gasteiger partial charge in [-0.2, -0.15) is 0 Å². The number of rotatable bonds is 7. The first-order valence-corrected chi connectivity index (χ1v) is 10.8. The van der Waals surface area contributed by atoms with Gasteiger partial charge < -0.3 is 10.2 Å². The Hall–Kier alpha value is -2.69. The van der Waals surface area contributed by atoms with Crippen molar-refractivity contribution < 1.29 is 14.0 Å². The van der Waals surface area contributed by atoms with E-state index in [2.05, 4.69) is 5.32 Å². The maximum atomic E-state index is 14.1. The summed E-state index contributed by atoms with van der Waals surface area (Å²) in [7, 11) is 0. The molecule has 1 aliphatic carbocycles. The Balaban J connectivity index is 1.77. The summed E-state index contributed by atoms with van der Waals surface area (Å²) < 4.78 is 14.1. The number of carbonyl (C=O) groups is 2. The van der Waals surface area contributed by atoms with Crippen molar-refractivity contribution >= 4 is 11.8 Å². The van der Waals surface area contributed by atoms with Crippen LogP contribution in [0.1, 0.15) is 55.7 Å². The summed E-state index contributed by atoms with van der Waals surface area (Å²) in [5, 5.41) is 3.12. The molecule has 0 aliphatic heterocycles. The Morgan fingerprint density at radius 2 is 1.83 bits per heavy atom. The number of hydrogen-bond acceptors (Lipinski definition) is 2. The third kappa shape index (κ3) is 5.91. The van der Waals surface area contributed by atoms with E-state index in [0.717, 1.165) is 36.8 Å². The van der Waals surface area contributed by atoms with Crippen molar-refractivity contribution in [3.8, 4) is 0 Å². The van der Waals surface area contributed by atoms with Gasteiger partial charge >= 0.3 is 0 Å². The van der Waals surface area contributed by atoms with Crippen LogP contribution in [0.15, 0.2) is 48.5 Å². The lowest BCUT2D eigenvalue weighted by Gasteiger charge is -2.31. The standard InChI is InChI=1S/C25H31FN2O2/c1-18-9-8-10-20(15-18)17-28(24(29)16-21-11-6-7-14-23(21)26)19(2)25(30)27-22-12-4-3-5-13-22/h6-11,14-15,19,22H,3-5,12-13,16-17H2,1-2H3,(H,27,30)/t19-/m0/s1. The van der Waals surface area contributed by atoms with Crippen molar-refractivity contribution in [1.29, 1.82) is 0 Å². The molecule has 2 aromatic rings. The molecular weight excluding hydrogens is 379 g/mol. The molecule has 1 atom stereocenters. The van der Waals surface area contributed by atoms with E-state index in [9.17, 15) is 14.0 Å². The highest BCUT2D eigenvalue weighted by atomic mass is 19.1. The number of nitrogens with zero attached hydrogens (tertiary/aromatic N) is 1. The van der Waals surface area contributed by atoms with Gasteiger partial charge in [-0.15, -0.1) is 0 Å². The van der Waals surface area contributed by atoms with Gasteiger partial charge in [-0.1, -0.05) is 67.3 Å². The van der Waals surface area contributed by atoms with E-state index in [0.29, 0.717) is 12.1 Å². The molecule has 2 amide bonds. The fourth-order valence-electron chi connectivity index (χ4n) is 4.06. The van der Waals surface area contributed by atoms with Gasteiger partial charge in [0.1, 0.15) is 11.9 Å². The zero-order valence-electron chi connectivity index (χ0n) is 17.9. The number of benzene rings is 2. The van der Waals surface area contributed by atoms with Gasteiger partial charge in [-0.25, -0.2) is 4.39 Å². The molecule has 160 valence electrons. The Morgan fingerprint density at radius 1 is 1.10 bits per heavy atom. The van der Waals surface area contributed by atoms with Gasteiger partial charge in [0.2, 0.25) is 11.8 Å². The minimum atomic E-state index is -0.633. The van der Waals surface area contributed by atoms with Crippen LogP contribution in [-0.4, -0.2) is 28.8 Å². The van der Waals surface area contributed by atoms with Gasteiger partial charge in [-0.05, 0) is 43.9 Å². The molecule has 0 bridgehead atoms. The first-order valence-electron chi connectivity index (χ1n) is 10.8. The van der Waals surface area contributed by atoms with E-state index in [1.165, 1.54) is 12.5 Å². The molecule has 30 heavy (non-hydrogen) atoms. The van der Waals surface area contributed by atoms with E-state index < -0.39 is 11.9 Å². The Bertz CT molecular complexity index is 877. The molecule has 1 saturated carbocycles. The Kier molecular flexibility index (Phi) is 7.61. The zero-order chi connectivity index (χ0) is 21.5. The summed E-state index contributed by atoms with van der Waals surface area (Å²) in [4.78, 5) is 27.7. The molecule has 0 saturated heterocycles.